The van der Waals surface area contributed by atoms with E-state index in [2.05, 4.69) is 10.3 Å². The van der Waals surface area contributed by atoms with Crippen LogP contribution >= 0.6 is 11.6 Å². The maximum Gasteiger partial charge on any atom is 0.329 e. The fraction of sp³-hybridized carbons (Fsp3) is 0.286. The summed E-state index contributed by atoms with van der Waals surface area (Å²) in [5, 5.41) is 3.37. The first-order valence-corrected chi connectivity index (χ1v) is 9.43. The number of nitrogens with one attached hydrogen (secondary N) is 1. The number of pyridine rings is 1. The van der Waals surface area contributed by atoms with Crippen LogP contribution in [0.5, 0.6) is 0 Å². The molecule has 3 aromatic rings. The Morgan fingerprint density at radius 3 is 2.61 bits per heavy atom. The smallest absolute Gasteiger partial charge is 0.329 e. The second kappa shape index (κ2) is 8.89. The second-order valence-corrected chi connectivity index (χ2v) is 7.34. The van der Waals surface area contributed by atoms with Gasteiger partial charge in [0.15, 0.2) is 0 Å². The van der Waals surface area contributed by atoms with E-state index in [1.54, 1.807) is 28.9 Å². The molecule has 0 saturated heterocycles. The van der Waals surface area contributed by atoms with Gasteiger partial charge in [-0.2, -0.15) is 0 Å². The Morgan fingerprint density at radius 2 is 1.89 bits per heavy atom. The standard InChI is InChI=1S/C21H22ClN3O3/c1-14(2)20(24-19(26)10-15-6-4-3-5-7-15)21(27)28-13-17-12-25-11-16(22)8-9-18(25)23-17/h3-9,11-12,14,20H,10,13H2,1-2H3,(H,24,26)/t20-/m0/s1. The van der Waals surface area contributed by atoms with Crippen molar-refractivity contribution in [2.24, 2.45) is 5.92 Å². The number of ether oxygens (including phenoxy) is 1. The van der Waals surface area contributed by atoms with Gasteiger partial charge >= 0.3 is 5.97 Å². The topological polar surface area (TPSA) is 72.7 Å². The van der Waals surface area contributed by atoms with Crippen LogP contribution in [0.25, 0.3) is 5.65 Å². The quantitative estimate of drug-likeness (QED) is 0.618. The number of fused-ring (bicyclic) bond motifs is 1. The van der Waals surface area contributed by atoms with Gasteiger partial charge in [-0.3, -0.25) is 4.79 Å². The Kier molecular flexibility index (Phi) is 6.31. The molecule has 0 fully saturated rings. The van der Waals surface area contributed by atoms with Crippen molar-refractivity contribution in [3.8, 4) is 0 Å². The molecule has 2 heterocycles. The van der Waals surface area contributed by atoms with Gasteiger partial charge in [0, 0.05) is 12.4 Å². The lowest BCUT2D eigenvalue weighted by Crippen LogP contribution is -2.45. The van der Waals surface area contributed by atoms with Crippen molar-refractivity contribution >= 4 is 29.1 Å². The van der Waals surface area contributed by atoms with Crippen LogP contribution in [0.1, 0.15) is 25.1 Å². The lowest BCUT2D eigenvalue weighted by atomic mass is 10.0. The predicted molar refractivity (Wildman–Crippen MR) is 107 cm³/mol. The van der Waals surface area contributed by atoms with Crippen LogP contribution in [0.3, 0.4) is 0 Å². The van der Waals surface area contributed by atoms with Crippen LogP contribution < -0.4 is 5.32 Å². The normalized spacial score (nSPS) is 12.1. The monoisotopic (exact) mass is 399 g/mol. The van der Waals surface area contributed by atoms with Crippen molar-refractivity contribution in [1.29, 1.82) is 0 Å². The summed E-state index contributed by atoms with van der Waals surface area (Å²) in [6.07, 6.45) is 3.70. The van der Waals surface area contributed by atoms with Crippen molar-refractivity contribution in [2.75, 3.05) is 0 Å². The average molecular weight is 400 g/mol. The van der Waals surface area contributed by atoms with Gasteiger partial charge in [-0.05, 0) is 23.6 Å². The summed E-state index contributed by atoms with van der Waals surface area (Å²) in [5.41, 5.74) is 2.21. The zero-order valence-electron chi connectivity index (χ0n) is 15.8. The van der Waals surface area contributed by atoms with E-state index in [4.69, 9.17) is 16.3 Å². The Bertz CT molecular complexity index is 969. The van der Waals surface area contributed by atoms with E-state index in [0.29, 0.717) is 16.4 Å². The lowest BCUT2D eigenvalue weighted by molar-refractivity contribution is -0.150. The van der Waals surface area contributed by atoms with Crippen molar-refractivity contribution in [2.45, 2.75) is 32.9 Å². The number of carbonyl (C=O) groups excluding carboxylic acids is 2. The molecule has 0 aliphatic rings. The van der Waals surface area contributed by atoms with Gasteiger partial charge in [0.25, 0.3) is 0 Å². The highest BCUT2D eigenvalue weighted by atomic mass is 35.5. The number of rotatable bonds is 7. The van der Waals surface area contributed by atoms with Gasteiger partial charge in [0.05, 0.1) is 17.1 Å². The van der Waals surface area contributed by atoms with E-state index in [-0.39, 0.29) is 24.9 Å². The van der Waals surface area contributed by atoms with Crippen LogP contribution in [-0.2, 0) is 27.4 Å². The molecule has 2 aromatic heterocycles. The summed E-state index contributed by atoms with van der Waals surface area (Å²) in [4.78, 5) is 29.2. The van der Waals surface area contributed by atoms with E-state index < -0.39 is 12.0 Å². The van der Waals surface area contributed by atoms with Gasteiger partial charge in [-0.15, -0.1) is 0 Å². The minimum Gasteiger partial charge on any atom is -0.458 e. The van der Waals surface area contributed by atoms with Crippen LogP contribution in [0.4, 0.5) is 0 Å². The Labute approximate surface area is 168 Å². The molecule has 0 aliphatic carbocycles. The first kappa shape index (κ1) is 19.9. The summed E-state index contributed by atoms with van der Waals surface area (Å²) in [6.45, 7) is 3.75. The molecule has 28 heavy (non-hydrogen) atoms. The van der Waals surface area contributed by atoms with Gasteiger partial charge in [0.2, 0.25) is 5.91 Å². The van der Waals surface area contributed by atoms with Crippen molar-refractivity contribution in [3.05, 3.63) is 71.1 Å². The highest BCUT2D eigenvalue weighted by Gasteiger charge is 2.26. The lowest BCUT2D eigenvalue weighted by Gasteiger charge is -2.20. The largest absolute Gasteiger partial charge is 0.458 e. The molecular formula is C21H22ClN3O3. The summed E-state index contributed by atoms with van der Waals surface area (Å²) >= 11 is 5.96. The van der Waals surface area contributed by atoms with Crippen LogP contribution in [0.2, 0.25) is 5.02 Å². The number of nitrogens with zero attached hydrogens (tertiary/aromatic N) is 2. The molecule has 0 saturated carbocycles. The number of halogens is 1. The van der Waals surface area contributed by atoms with Gasteiger partial charge in [-0.1, -0.05) is 55.8 Å². The third kappa shape index (κ3) is 5.10. The third-order valence-corrected chi connectivity index (χ3v) is 4.50. The van der Waals surface area contributed by atoms with Crippen LogP contribution in [-0.4, -0.2) is 27.3 Å². The van der Waals surface area contributed by atoms with Crippen molar-refractivity contribution < 1.29 is 14.3 Å². The number of esters is 1. The molecule has 1 N–H and O–H groups in total. The highest BCUT2D eigenvalue weighted by Crippen LogP contribution is 2.13. The van der Waals surface area contributed by atoms with E-state index in [1.807, 2.05) is 44.2 Å². The number of carbonyl (C=O) groups is 2. The molecule has 0 spiro atoms. The fourth-order valence-electron chi connectivity index (χ4n) is 2.83. The Hall–Kier alpha value is -2.86. The molecule has 1 aromatic carbocycles. The number of benzene rings is 1. The van der Waals surface area contributed by atoms with Crippen LogP contribution in [0.15, 0.2) is 54.9 Å². The maximum absolute atomic E-state index is 12.5. The number of hydrogen-bond donors (Lipinski definition) is 1. The van der Waals surface area contributed by atoms with Gasteiger partial charge < -0.3 is 14.5 Å². The van der Waals surface area contributed by atoms with Crippen molar-refractivity contribution in [1.82, 2.24) is 14.7 Å². The second-order valence-electron chi connectivity index (χ2n) is 6.90. The maximum atomic E-state index is 12.5. The summed E-state index contributed by atoms with van der Waals surface area (Å²) < 4.78 is 7.17. The zero-order valence-corrected chi connectivity index (χ0v) is 16.5. The molecular weight excluding hydrogens is 378 g/mol. The minimum atomic E-state index is -0.720. The Balaban J connectivity index is 1.59. The highest BCUT2D eigenvalue weighted by molar-refractivity contribution is 6.30. The molecule has 0 bridgehead atoms. The summed E-state index contributed by atoms with van der Waals surface area (Å²) in [6, 6.07) is 12.2. The number of aromatic nitrogens is 2. The van der Waals surface area contributed by atoms with E-state index in [9.17, 15) is 9.59 Å². The molecule has 7 heteroatoms. The Morgan fingerprint density at radius 1 is 1.14 bits per heavy atom. The molecule has 0 unspecified atom stereocenters. The third-order valence-electron chi connectivity index (χ3n) is 4.27. The first-order valence-electron chi connectivity index (χ1n) is 9.05. The van der Waals surface area contributed by atoms with Gasteiger partial charge in [0.1, 0.15) is 18.3 Å². The molecule has 1 amide bonds. The molecule has 1 atom stereocenters. The SMILES string of the molecule is CC(C)[C@H](NC(=O)Cc1ccccc1)C(=O)OCc1cn2cc(Cl)ccc2n1. The summed E-state index contributed by atoms with van der Waals surface area (Å²) in [7, 11) is 0. The molecule has 146 valence electrons. The van der Waals surface area contributed by atoms with E-state index >= 15 is 0 Å². The average Bonchev–Trinajstić information content (AvgIpc) is 3.06. The molecule has 3 rings (SSSR count). The minimum absolute atomic E-state index is 0.0237. The predicted octanol–water partition coefficient (Wildman–Crippen LogP) is 3.41. The van der Waals surface area contributed by atoms with Gasteiger partial charge in [-0.25, -0.2) is 9.78 Å². The van der Waals surface area contributed by atoms with Crippen molar-refractivity contribution in [3.63, 3.8) is 0 Å². The number of imidazole rings is 1. The molecule has 6 nitrogen and oxygen atoms in total. The fourth-order valence-corrected chi connectivity index (χ4v) is 2.99. The summed E-state index contributed by atoms with van der Waals surface area (Å²) in [5.74, 6) is -0.803. The first-order chi connectivity index (χ1) is 13.4. The molecule has 0 aliphatic heterocycles. The number of hydrogen-bond acceptors (Lipinski definition) is 4. The van der Waals surface area contributed by atoms with Crippen LogP contribution in [0, 0.1) is 5.92 Å². The number of amides is 1. The van der Waals surface area contributed by atoms with E-state index in [0.717, 1.165) is 5.56 Å². The van der Waals surface area contributed by atoms with E-state index in [1.165, 1.54) is 0 Å². The zero-order chi connectivity index (χ0) is 20.1. The molecule has 0 radical (unpaired) electrons.